The topological polar surface area (TPSA) is 35.6 Å². The molecule has 0 spiro atoms. The highest BCUT2D eigenvalue weighted by Gasteiger charge is 2.21. The van der Waals surface area contributed by atoms with Gasteiger partial charge in [0.05, 0.1) is 0 Å². The van der Waals surface area contributed by atoms with Crippen molar-refractivity contribution in [3.8, 4) is 0 Å². The normalized spacial score (nSPS) is 19.8. The van der Waals surface area contributed by atoms with E-state index in [1.54, 1.807) is 11.9 Å². The largest absolute Gasteiger partial charge is 0.337 e. The van der Waals surface area contributed by atoms with E-state index < -0.39 is 11.6 Å². The lowest BCUT2D eigenvalue weighted by atomic mass is 9.98. The number of benzene rings is 1. The second-order valence-corrected chi connectivity index (χ2v) is 6.90. The lowest BCUT2D eigenvalue weighted by molar-refractivity contribution is 0.163. The Morgan fingerprint density at radius 1 is 1.46 bits per heavy atom. The maximum atomic E-state index is 13.8. The highest BCUT2D eigenvalue weighted by atomic mass is 19.1. The first-order chi connectivity index (χ1) is 11.4. The van der Waals surface area contributed by atoms with E-state index >= 15 is 0 Å². The number of hydrogen-bond acceptors (Lipinski definition) is 2. The second kappa shape index (κ2) is 8.42. The van der Waals surface area contributed by atoms with Crippen molar-refractivity contribution < 1.29 is 13.6 Å². The van der Waals surface area contributed by atoms with Gasteiger partial charge in [-0.2, -0.15) is 0 Å². The van der Waals surface area contributed by atoms with E-state index in [2.05, 4.69) is 17.3 Å². The number of rotatable bonds is 5. The first kappa shape index (κ1) is 18.6. The lowest BCUT2D eigenvalue weighted by Crippen LogP contribution is -2.44. The van der Waals surface area contributed by atoms with Gasteiger partial charge in [-0.1, -0.05) is 13.0 Å². The first-order valence-corrected chi connectivity index (χ1v) is 8.49. The van der Waals surface area contributed by atoms with Crippen LogP contribution in [0, 0.1) is 17.6 Å². The van der Waals surface area contributed by atoms with E-state index in [1.165, 1.54) is 12.1 Å². The number of urea groups is 1. The maximum absolute atomic E-state index is 13.8. The summed E-state index contributed by atoms with van der Waals surface area (Å²) < 4.78 is 26.7. The van der Waals surface area contributed by atoms with Crippen LogP contribution in [0.2, 0.25) is 0 Å². The Labute approximate surface area is 142 Å². The molecule has 1 aromatic rings. The minimum Gasteiger partial charge on any atom is -0.337 e. The molecule has 1 saturated heterocycles. The molecule has 1 fully saturated rings. The minimum atomic E-state index is -0.593. The minimum absolute atomic E-state index is 0.155. The lowest BCUT2D eigenvalue weighted by Gasteiger charge is -2.32. The molecule has 1 aliphatic rings. The van der Waals surface area contributed by atoms with Crippen molar-refractivity contribution in [3.05, 3.63) is 35.4 Å². The van der Waals surface area contributed by atoms with E-state index in [9.17, 15) is 13.6 Å². The van der Waals surface area contributed by atoms with E-state index in [0.29, 0.717) is 18.0 Å². The third kappa shape index (κ3) is 5.16. The summed E-state index contributed by atoms with van der Waals surface area (Å²) in [6, 6.07) is 3.39. The quantitative estimate of drug-likeness (QED) is 0.895. The molecule has 0 bridgehead atoms. The number of nitrogens with one attached hydrogen (secondary N) is 1. The van der Waals surface area contributed by atoms with E-state index in [1.807, 2.05) is 6.92 Å². The first-order valence-electron chi connectivity index (χ1n) is 8.49. The fourth-order valence-corrected chi connectivity index (χ4v) is 3.28. The van der Waals surface area contributed by atoms with Gasteiger partial charge >= 0.3 is 6.03 Å². The molecule has 0 aromatic heterocycles. The number of carbonyl (C=O) groups is 1. The summed E-state index contributed by atoms with van der Waals surface area (Å²) in [6.45, 7) is 4.97. The van der Waals surface area contributed by atoms with Crippen LogP contribution in [0.3, 0.4) is 0 Å². The number of piperidine rings is 1. The van der Waals surface area contributed by atoms with Crippen molar-refractivity contribution in [1.29, 1.82) is 0 Å². The predicted molar refractivity (Wildman–Crippen MR) is 91.0 cm³/mol. The number of hydrogen-bond donors (Lipinski definition) is 1. The summed E-state index contributed by atoms with van der Waals surface area (Å²) >= 11 is 0. The molecule has 1 N–H and O–H groups in total. The Hall–Kier alpha value is -1.69. The molecular weight excluding hydrogens is 312 g/mol. The zero-order valence-electron chi connectivity index (χ0n) is 14.7. The molecule has 1 aromatic carbocycles. The second-order valence-electron chi connectivity index (χ2n) is 6.90. The van der Waals surface area contributed by atoms with Gasteiger partial charge in [-0.15, -0.1) is 0 Å². The van der Waals surface area contributed by atoms with Gasteiger partial charge in [-0.05, 0) is 44.0 Å². The maximum Gasteiger partial charge on any atom is 0.317 e. The molecule has 2 rings (SSSR count). The fourth-order valence-electron chi connectivity index (χ4n) is 3.28. The summed E-state index contributed by atoms with van der Waals surface area (Å²) in [4.78, 5) is 16.2. The Morgan fingerprint density at radius 3 is 2.88 bits per heavy atom. The van der Waals surface area contributed by atoms with Crippen molar-refractivity contribution in [2.75, 3.05) is 40.3 Å². The zero-order valence-corrected chi connectivity index (χ0v) is 14.7. The Morgan fingerprint density at radius 2 is 2.21 bits per heavy atom. The molecule has 2 atom stereocenters. The molecular formula is C18H27F2N3O. The van der Waals surface area contributed by atoms with Crippen LogP contribution in [0.25, 0.3) is 0 Å². The molecule has 0 aliphatic carbocycles. The average molecular weight is 339 g/mol. The number of nitrogens with zero attached hydrogens (tertiary/aromatic N) is 2. The average Bonchev–Trinajstić information content (AvgIpc) is 2.52. The summed E-state index contributed by atoms with van der Waals surface area (Å²) in [5.74, 6) is -0.893. The van der Waals surface area contributed by atoms with Gasteiger partial charge in [0.25, 0.3) is 0 Å². The molecule has 6 heteroatoms. The highest BCUT2D eigenvalue weighted by molar-refractivity contribution is 5.73. The van der Waals surface area contributed by atoms with Gasteiger partial charge < -0.3 is 15.1 Å². The van der Waals surface area contributed by atoms with Crippen LogP contribution in [0.15, 0.2) is 18.2 Å². The molecule has 0 unspecified atom stereocenters. The summed E-state index contributed by atoms with van der Waals surface area (Å²) in [7, 11) is 3.89. The molecule has 4 nitrogen and oxygen atoms in total. The van der Waals surface area contributed by atoms with Crippen LogP contribution in [0.5, 0.6) is 0 Å². The van der Waals surface area contributed by atoms with Crippen molar-refractivity contribution in [1.82, 2.24) is 15.1 Å². The van der Waals surface area contributed by atoms with Gasteiger partial charge in [0, 0.05) is 38.7 Å². The molecule has 2 amide bonds. The fraction of sp³-hybridized carbons (Fsp3) is 0.611. The molecule has 24 heavy (non-hydrogen) atoms. The Bertz CT molecular complexity index is 567. The smallest absolute Gasteiger partial charge is 0.317 e. The number of halogens is 2. The number of likely N-dealkylation sites (tertiary alicyclic amines) is 1. The van der Waals surface area contributed by atoms with Crippen molar-refractivity contribution in [2.24, 2.45) is 5.92 Å². The van der Waals surface area contributed by atoms with Crippen molar-refractivity contribution in [3.63, 3.8) is 0 Å². The highest BCUT2D eigenvalue weighted by Crippen LogP contribution is 2.19. The molecule has 134 valence electrons. The molecule has 1 aliphatic heterocycles. The third-order valence-electron chi connectivity index (χ3n) is 4.65. The third-order valence-corrected chi connectivity index (χ3v) is 4.65. The Kier molecular flexibility index (Phi) is 6.54. The molecule has 0 radical (unpaired) electrons. The van der Waals surface area contributed by atoms with Gasteiger partial charge in [0.15, 0.2) is 0 Å². The van der Waals surface area contributed by atoms with E-state index in [0.717, 1.165) is 38.5 Å². The van der Waals surface area contributed by atoms with Gasteiger partial charge in [-0.3, -0.25) is 0 Å². The van der Waals surface area contributed by atoms with Crippen LogP contribution < -0.4 is 5.32 Å². The number of amides is 2. The van der Waals surface area contributed by atoms with Gasteiger partial charge in [0.2, 0.25) is 0 Å². The molecule has 1 heterocycles. The SMILES string of the molecule is C[C@@H](CNC(=O)N(C)C[C@H]1CCCN(C)C1)c1ccc(F)cc1F. The van der Waals surface area contributed by atoms with Crippen LogP contribution in [-0.4, -0.2) is 56.1 Å². The van der Waals surface area contributed by atoms with Crippen molar-refractivity contribution in [2.45, 2.75) is 25.7 Å². The van der Waals surface area contributed by atoms with E-state index in [4.69, 9.17) is 0 Å². The summed E-state index contributed by atoms with van der Waals surface area (Å²) in [5, 5.41) is 2.84. The van der Waals surface area contributed by atoms with Crippen LogP contribution in [-0.2, 0) is 0 Å². The standard InChI is InChI=1S/C18H27F2N3O/c1-13(16-7-6-15(19)9-17(16)20)10-21-18(24)23(3)12-14-5-4-8-22(2)11-14/h6-7,9,13-14H,4-5,8,10-12H2,1-3H3,(H,21,24)/t13-,14-/m0/s1. The summed E-state index contributed by atoms with van der Waals surface area (Å²) in [5.41, 5.74) is 0.410. The van der Waals surface area contributed by atoms with Gasteiger partial charge in [0.1, 0.15) is 11.6 Å². The van der Waals surface area contributed by atoms with Gasteiger partial charge in [-0.25, -0.2) is 13.6 Å². The van der Waals surface area contributed by atoms with Crippen LogP contribution >= 0.6 is 0 Å². The van der Waals surface area contributed by atoms with Crippen LogP contribution in [0.1, 0.15) is 31.2 Å². The predicted octanol–water partition coefficient (Wildman–Crippen LogP) is 3.05. The zero-order chi connectivity index (χ0) is 17.7. The summed E-state index contributed by atoms with van der Waals surface area (Å²) in [6.07, 6.45) is 2.30. The monoisotopic (exact) mass is 339 g/mol. The van der Waals surface area contributed by atoms with E-state index in [-0.39, 0.29) is 11.9 Å². The van der Waals surface area contributed by atoms with Crippen molar-refractivity contribution >= 4 is 6.03 Å². The Balaban J connectivity index is 1.81. The molecule has 0 saturated carbocycles. The number of carbonyl (C=O) groups excluding carboxylic acids is 1. The van der Waals surface area contributed by atoms with Crippen LogP contribution in [0.4, 0.5) is 13.6 Å².